The molecule has 0 radical (unpaired) electrons. The van der Waals surface area contributed by atoms with Gasteiger partial charge in [-0.1, -0.05) is 12.1 Å². The van der Waals surface area contributed by atoms with Gasteiger partial charge in [0.2, 0.25) is 0 Å². The Bertz CT molecular complexity index is 568. The van der Waals surface area contributed by atoms with E-state index < -0.39 is 0 Å². The van der Waals surface area contributed by atoms with Crippen molar-refractivity contribution in [3.05, 3.63) is 51.5 Å². The molecular formula is C14H15N3S. The highest BCUT2D eigenvalue weighted by molar-refractivity contribution is 7.09. The number of hydrogen-bond acceptors (Lipinski definition) is 4. The van der Waals surface area contributed by atoms with Crippen LogP contribution >= 0.6 is 11.3 Å². The summed E-state index contributed by atoms with van der Waals surface area (Å²) in [4.78, 5) is 5.49. The molecule has 0 bridgehead atoms. The third-order valence-corrected chi connectivity index (χ3v) is 3.86. The number of nitrogens with one attached hydrogen (secondary N) is 1. The van der Waals surface area contributed by atoms with Crippen LogP contribution < -0.4 is 5.32 Å². The third-order valence-electron chi connectivity index (χ3n) is 2.93. The van der Waals surface area contributed by atoms with Gasteiger partial charge in [0.05, 0.1) is 22.8 Å². The van der Waals surface area contributed by atoms with E-state index in [0.717, 1.165) is 17.8 Å². The molecule has 1 N–H and O–H groups in total. The Labute approximate surface area is 111 Å². The molecule has 1 atom stereocenters. The molecule has 0 fully saturated rings. The Hall–Kier alpha value is -1.70. The predicted octanol–water partition coefficient (Wildman–Crippen LogP) is 3.17. The topological polar surface area (TPSA) is 48.7 Å². The van der Waals surface area contributed by atoms with Crippen LogP contribution in [0.25, 0.3) is 0 Å². The zero-order chi connectivity index (χ0) is 13.0. The molecule has 3 nitrogen and oxygen atoms in total. The van der Waals surface area contributed by atoms with Crippen molar-refractivity contribution < 1.29 is 0 Å². The Kier molecular flexibility index (Phi) is 4.08. The number of aryl methyl sites for hydroxylation is 1. The molecule has 18 heavy (non-hydrogen) atoms. The van der Waals surface area contributed by atoms with Crippen LogP contribution in [-0.2, 0) is 6.54 Å². The number of nitrogens with zero attached hydrogens (tertiary/aromatic N) is 2. The standard InChI is InChI=1S/C14H15N3S/c1-10(13-5-3-4-12(6-13)7-15)16-8-14-11(2)17-9-18-14/h3-6,9-10,16H,8H2,1-2H3. The summed E-state index contributed by atoms with van der Waals surface area (Å²) in [7, 11) is 0. The molecular weight excluding hydrogens is 242 g/mol. The molecule has 0 aliphatic carbocycles. The van der Waals surface area contributed by atoms with Crippen molar-refractivity contribution in [2.45, 2.75) is 26.4 Å². The van der Waals surface area contributed by atoms with Crippen molar-refractivity contribution in [3.8, 4) is 6.07 Å². The SMILES string of the molecule is Cc1ncsc1CNC(C)c1cccc(C#N)c1. The molecule has 4 heteroatoms. The first-order chi connectivity index (χ1) is 8.70. The monoisotopic (exact) mass is 257 g/mol. The number of rotatable bonds is 4. The Balaban J connectivity index is 2.01. The molecule has 0 saturated heterocycles. The van der Waals surface area contributed by atoms with Crippen molar-refractivity contribution in [3.63, 3.8) is 0 Å². The average Bonchev–Trinajstić information content (AvgIpc) is 2.81. The van der Waals surface area contributed by atoms with Gasteiger partial charge in [-0.25, -0.2) is 4.98 Å². The van der Waals surface area contributed by atoms with E-state index in [4.69, 9.17) is 5.26 Å². The zero-order valence-corrected chi connectivity index (χ0v) is 11.3. The molecule has 1 aromatic carbocycles. The second-order valence-electron chi connectivity index (χ2n) is 4.20. The smallest absolute Gasteiger partial charge is 0.0991 e. The average molecular weight is 257 g/mol. The fourth-order valence-corrected chi connectivity index (χ4v) is 2.47. The largest absolute Gasteiger partial charge is 0.305 e. The quantitative estimate of drug-likeness (QED) is 0.915. The highest BCUT2D eigenvalue weighted by Crippen LogP contribution is 2.17. The van der Waals surface area contributed by atoms with Crippen molar-refractivity contribution in [2.24, 2.45) is 0 Å². The van der Waals surface area contributed by atoms with Gasteiger partial charge in [-0.05, 0) is 31.5 Å². The fourth-order valence-electron chi connectivity index (χ4n) is 1.74. The van der Waals surface area contributed by atoms with Crippen molar-refractivity contribution in [1.29, 1.82) is 5.26 Å². The maximum absolute atomic E-state index is 8.88. The maximum atomic E-state index is 8.88. The number of nitriles is 1. The van der Waals surface area contributed by atoms with Crippen LogP contribution in [0.15, 0.2) is 29.8 Å². The molecule has 0 aliphatic heterocycles. The van der Waals surface area contributed by atoms with Gasteiger partial charge in [0.15, 0.2) is 0 Å². The molecule has 1 heterocycles. The van der Waals surface area contributed by atoms with E-state index in [1.807, 2.05) is 36.7 Å². The Morgan fingerprint density at radius 3 is 3.00 bits per heavy atom. The zero-order valence-electron chi connectivity index (χ0n) is 10.5. The van der Waals surface area contributed by atoms with E-state index in [9.17, 15) is 0 Å². The summed E-state index contributed by atoms with van der Waals surface area (Å²) in [6.07, 6.45) is 0. The van der Waals surface area contributed by atoms with Gasteiger partial charge < -0.3 is 5.32 Å². The summed E-state index contributed by atoms with van der Waals surface area (Å²) in [5, 5.41) is 12.3. The molecule has 0 spiro atoms. The van der Waals surface area contributed by atoms with E-state index in [1.165, 1.54) is 4.88 Å². The lowest BCUT2D eigenvalue weighted by Gasteiger charge is -2.14. The molecule has 2 aromatic rings. The van der Waals surface area contributed by atoms with E-state index in [0.29, 0.717) is 5.56 Å². The number of aromatic nitrogens is 1. The van der Waals surface area contributed by atoms with Gasteiger partial charge in [-0.2, -0.15) is 5.26 Å². The van der Waals surface area contributed by atoms with Crippen LogP contribution in [0.5, 0.6) is 0 Å². The van der Waals surface area contributed by atoms with Gasteiger partial charge in [0, 0.05) is 17.5 Å². The van der Waals surface area contributed by atoms with Crippen LogP contribution in [0.1, 0.15) is 34.7 Å². The van der Waals surface area contributed by atoms with Crippen LogP contribution in [0.2, 0.25) is 0 Å². The first-order valence-electron chi connectivity index (χ1n) is 5.83. The van der Waals surface area contributed by atoms with Crippen molar-refractivity contribution in [1.82, 2.24) is 10.3 Å². The highest BCUT2D eigenvalue weighted by Gasteiger charge is 2.07. The number of hydrogen-bond donors (Lipinski definition) is 1. The van der Waals surface area contributed by atoms with Crippen LogP contribution in [0.3, 0.4) is 0 Å². The van der Waals surface area contributed by atoms with Crippen molar-refractivity contribution >= 4 is 11.3 Å². The van der Waals surface area contributed by atoms with Crippen molar-refractivity contribution in [2.75, 3.05) is 0 Å². The van der Waals surface area contributed by atoms with Gasteiger partial charge in [-0.15, -0.1) is 11.3 Å². The Morgan fingerprint density at radius 2 is 2.33 bits per heavy atom. The summed E-state index contributed by atoms with van der Waals surface area (Å²) >= 11 is 1.67. The molecule has 1 aromatic heterocycles. The first-order valence-corrected chi connectivity index (χ1v) is 6.71. The van der Waals surface area contributed by atoms with Gasteiger partial charge >= 0.3 is 0 Å². The molecule has 0 amide bonds. The molecule has 0 aliphatic rings. The second kappa shape index (κ2) is 5.76. The predicted molar refractivity (Wildman–Crippen MR) is 73.3 cm³/mol. The van der Waals surface area contributed by atoms with E-state index in [2.05, 4.69) is 23.3 Å². The minimum atomic E-state index is 0.222. The minimum absolute atomic E-state index is 0.222. The van der Waals surface area contributed by atoms with Crippen LogP contribution in [0, 0.1) is 18.3 Å². The first kappa shape index (κ1) is 12.7. The van der Waals surface area contributed by atoms with Crippen LogP contribution in [-0.4, -0.2) is 4.98 Å². The van der Waals surface area contributed by atoms with Gasteiger partial charge in [-0.3, -0.25) is 0 Å². The lowest BCUT2D eigenvalue weighted by molar-refractivity contribution is 0.577. The van der Waals surface area contributed by atoms with E-state index in [-0.39, 0.29) is 6.04 Å². The summed E-state index contributed by atoms with van der Waals surface area (Å²) < 4.78 is 0. The van der Waals surface area contributed by atoms with Crippen LogP contribution in [0.4, 0.5) is 0 Å². The lowest BCUT2D eigenvalue weighted by Crippen LogP contribution is -2.18. The molecule has 1 unspecified atom stereocenters. The molecule has 92 valence electrons. The summed E-state index contributed by atoms with van der Waals surface area (Å²) in [5.41, 5.74) is 4.80. The summed E-state index contributed by atoms with van der Waals surface area (Å²) in [5.74, 6) is 0. The maximum Gasteiger partial charge on any atom is 0.0991 e. The second-order valence-corrected chi connectivity index (χ2v) is 5.14. The highest BCUT2D eigenvalue weighted by atomic mass is 32.1. The molecule has 2 rings (SSSR count). The minimum Gasteiger partial charge on any atom is -0.305 e. The lowest BCUT2D eigenvalue weighted by atomic mass is 10.1. The van der Waals surface area contributed by atoms with Gasteiger partial charge in [0.1, 0.15) is 0 Å². The third kappa shape index (κ3) is 2.95. The fraction of sp³-hybridized carbons (Fsp3) is 0.286. The summed E-state index contributed by atoms with van der Waals surface area (Å²) in [6, 6.07) is 10.1. The van der Waals surface area contributed by atoms with E-state index >= 15 is 0 Å². The molecule has 0 saturated carbocycles. The normalized spacial score (nSPS) is 12.1. The number of benzene rings is 1. The number of thiazole rings is 1. The van der Waals surface area contributed by atoms with Gasteiger partial charge in [0.25, 0.3) is 0 Å². The Morgan fingerprint density at radius 1 is 1.50 bits per heavy atom. The summed E-state index contributed by atoms with van der Waals surface area (Å²) in [6.45, 7) is 4.94. The van der Waals surface area contributed by atoms with E-state index in [1.54, 1.807) is 11.3 Å².